The lowest BCUT2D eigenvalue weighted by atomic mass is 9.98. The minimum absolute atomic E-state index is 0. The third kappa shape index (κ3) is 28.7. The molecule has 18 N–H and O–H groups in total. The van der Waals surface area contributed by atoms with Crippen LogP contribution < -0.4 is 76.1 Å². The normalized spacial score (nSPS) is 24.1. The Morgan fingerprint density at radius 2 is 0.673 bits per heavy atom. The van der Waals surface area contributed by atoms with E-state index >= 15 is 28.8 Å². The first-order valence-corrected chi connectivity index (χ1v) is 37.3. The molecule has 0 saturated carbocycles. The molecule has 0 spiro atoms. The number of carbonyl (C=O) groups is 12. The van der Waals surface area contributed by atoms with E-state index in [1.54, 1.807) is 88.4 Å². The highest BCUT2D eigenvalue weighted by Crippen LogP contribution is 2.26. The van der Waals surface area contributed by atoms with Crippen molar-refractivity contribution in [3.05, 3.63) is 144 Å². The van der Waals surface area contributed by atoms with Crippen molar-refractivity contribution in [2.75, 3.05) is 26.2 Å². The SMILES string of the molecule is CC(C)C[C@@H]1NC(=O)[C@H](CCCN)NC(=O)[C@H](C(C)C)NC(=O)[C@@H]2C[C@H](NC(=O)[C@@H](N)Cc3ccccc3)CN2C(=O)[C@@H](Cc2ccccc2)NC(=O)[C@H](CC(C)C)NC(=O)[C@H](CCCN)NC(=O)[C@H](C(C)C)NC(=O)[C@@H]2C[C@H](NC(=O)[C@@H](N)Cc3ccccc3)CN2C(=O)[C@@H](Cc2ccccc2)NC1=O.Cl.Cl.Cl.Cl. The van der Waals surface area contributed by atoms with Crippen LogP contribution in [0.25, 0.3) is 0 Å². The summed E-state index contributed by atoms with van der Waals surface area (Å²) in [4.78, 5) is 182. The molecule has 3 aliphatic rings. The van der Waals surface area contributed by atoms with Crippen LogP contribution in [0.1, 0.15) is 129 Å². The summed E-state index contributed by atoms with van der Waals surface area (Å²) in [6, 6.07) is 18.0. The van der Waals surface area contributed by atoms with E-state index in [9.17, 15) is 28.8 Å². The van der Waals surface area contributed by atoms with Crippen LogP contribution in [0.4, 0.5) is 0 Å². The molecule has 12 amide bonds. The number of hydrogen-bond acceptors (Lipinski definition) is 16. The molecule has 0 unspecified atom stereocenters. The van der Waals surface area contributed by atoms with Gasteiger partial charge in [0.15, 0.2) is 0 Å². The van der Waals surface area contributed by atoms with Crippen LogP contribution in [0.15, 0.2) is 121 Å². The Labute approximate surface area is 670 Å². The summed E-state index contributed by atoms with van der Waals surface area (Å²) in [5, 5.41) is 28.7. The van der Waals surface area contributed by atoms with Crippen LogP contribution in [0.5, 0.6) is 0 Å². The zero-order valence-corrected chi connectivity index (χ0v) is 67.3. The Bertz CT molecular complexity index is 3400. The first kappa shape index (κ1) is 95.7. The topological polar surface area (TPSA) is 436 Å². The maximum atomic E-state index is 15.7. The lowest BCUT2D eigenvalue weighted by molar-refractivity contribution is -0.143. The molecule has 32 heteroatoms. The van der Waals surface area contributed by atoms with E-state index in [-0.39, 0.29) is 165 Å². The number of carbonyl (C=O) groups excluding carboxylic acids is 12. The van der Waals surface area contributed by atoms with E-state index in [4.69, 9.17) is 22.9 Å². The first-order valence-electron chi connectivity index (χ1n) is 37.3. The van der Waals surface area contributed by atoms with Gasteiger partial charge < -0.3 is 85.9 Å². The van der Waals surface area contributed by atoms with Crippen molar-refractivity contribution < 1.29 is 57.5 Å². The largest absolute Gasteiger partial charge is 0.350 e. The number of amides is 12. The minimum Gasteiger partial charge on any atom is -0.350 e. The molecule has 7 rings (SSSR count). The van der Waals surface area contributed by atoms with Crippen LogP contribution in [0, 0.1) is 23.7 Å². The van der Waals surface area contributed by atoms with Crippen LogP contribution in [-0.4, -0.2) is 191 Å². The van der Waals surface area contributed by atoms with Crippen molar-refractivity contribution in [2.45, 2.75) is 217 Å². The first-order chi connectivity index (χ1) is 50.5. The molecule has 0 aliphatic carbocycles. The monoisotopic (exact) mass is 1610 g/mol. The summed E-state index contributed by atoms with van der Waals surface area (Å²) >= 11 is 0. The highest BCUT2D eigenvalue weighted by molar-refractivity contribution is 6.00. The zero-order chi connectivity index (χ0) is 77.3. The Morgan fingerprint density at radius 1 is 0.391 bits per heavy atom. The van der Waals surface area contributed by atoms with Crippen molar-refractivity contribution in [3.8, 4) is 0 Å². The van der Waals surface area contributed by atoms with Crippen molar-refractivity contribution in [3.63, 3.8) is 0 Å². The highest BCUT2D eigenvalue weighted by atomic mass is 35.5. The second-order valence-corrected chi connectivity index (χ2v) is 29.8. The Hall–Kier alpha value is -8.48. The van der Waals surface area contributed by atoms with Crippen molar-refractivity contribution in [1.82, 2.24) is 63.0 Å². The van der Waals surface area contributed by atoms with Crippen LogP contribution in [-0.2, 0) is 83.2 Å². The molecular weight excluding hydrogens is 1490 g/mol. The van der Waals surface area contributed by atoms with Gasteiger partial charge in [0.1, 0.15) is 60.4 Å². The third-order valence-electron chi connectivity index (χ3n) is 19.4. The second-order valence-electron chi connectivity index (χ2n) is 29.8. The quantitative estimate of drug-likeness (QED) is 0.0478. The van der Waals surface area contributed by atoms with Crippen LogP contribution in [0.3, 0.4) is 0 Å². The summed E-state index contributed by atoms with van der Waals surface area (Å²) in [5.74, 6) is -10.9. The highest BCUT2D eigenvalue weighted by Gasteiger charge is 2.47. The van der Waals surface area contributed by atoms with E-state index in [1.807, 2.05) is 88.4 Å². The second kappa shape index (κ2) is 47.0. The summed E-state index contributed by atoms with van der Waals surface area (Å²) in [5.41, 5.74) is 27.8. The van der Waals surface area contributed by atoms with E-state index in [0.717, 1.165) is 11.1 Å². The molecule has 28 nitrogen and oxygen atoms in total. The molecule has 608 valence electrons. The van der Waals surface area contributed by atoms with Gasteiger partial charge in [-0.1, -0.05) is 177 Å². The maximum absolute atomic E-state index is 15.7. The van der Waals surface area contributed by atoms with Crippen molar-refractivity contribution in [1.29, 1.82) is 0 Å². The van der Waals surface area contributed by atoms with Gasteiger partial charge in [0, 0.05) is 38.0 Å². The number of nitrogens with two attached hydrogens (primary N) is 4. The molecule has 3 saturated heterocycles. The molecule has 3 aliphatic heterocycles. The van der Waals surface area contributed by atoms with Gasteiger partial charge in [-0.3, -0.25) is 57.5 Å². The number of nitrogens with one attached hydrogen (secondary N) is 10. The van der Waals surface area contributed by atoms with Crippen LogP contribution >= 0.6 is 49.6 Å². The fourth-order valence-electron chi connectivity index (χ4n) is 13.7. The Morgan fingerprint density at radius 3 is 0.964 bits per heavy atom. The van der Waals surface area contributed by atoms with Gasteiger partial charge in [-0.05, 0) is 123 Å². The van der Waals surface area contributed by atoms with E-state index < -0.39 is 167 Å². The number of halogens is 4. The van der Waals surface area contributed by atoms with Gasteiger partial charge in [-0.25, -0.2) is 0 Å². The summed E-state index contributed by atoms with van der Waals surface area (Å²) < 4.78 is 0. The number of hydrogen-bond donors (Lipinski definition) is 14. The minimum atomic E-state index is -1.44. The Kier molecular flexibility index (Phi) is 40.9. The van der Waals surface area contributed by atoms with E-state index in [2.05, 4.69) is 53.2 Å². The number of nitrogens with zero attached hydrogens (tertiary/aromatic N) is 2. The molecule has 4 aromatic carbocycles. The number of rotatable bonds is 24. The predicted molar refractivity (Wildman–Crippen MR) is 430 cm³/mol. The molecule has 0 bridgehead atoms. The van der Waals surface area contributed by atoms with Gasteiger partial charge in [-0.15, -0.1) is 49.6 Å². The fraction of sp³-hybridized carbons (Fsp3) is 0.538. The number of benzene rings is 4. The molecule has 14 atom stereocenters. The lowest BCUT2D eigenvalue weighted by Gasteiger charge is -2.33. The standard InChI is InChI=1S/C78H112N16O12.4ClH/c1-45(2)35-59-71(99)89-61(39-51-27-17-11-18-28-51)77(105)93-43-53(83-67(95)55(81)37-49-23-13-9-14-24-49)41-63(93)73(101)92-66(48(7)8)76(104)86-58(32-22-34-80)70(98)88-60(36-46(3)4)72(100)90-62(40-52-29-19-12-20-30-52)78(106)94-44-54(84-68(96)56(82)38-50-25-15-10-16-26-50)42-64(94)74(102)91-65(47(5)6)75(103)85-57(31-21-33-79)69(97)87-59;;;;/h9-20,23-30,45-48,53-66H,21-22,31-44,79-82H2,1-8H3,(H,83,95)(H,84,96)(H,85,103)(H,86,104)(H,87,97)(H,88,98)(H,89,99)(H,90,100)(H,91,102)(H,92,101);4*1H/t53-,54-,55-,56-,57-,58-,59-,60-,61+,62+,63-,64-,65-,66-;;;;/m0..../s1. The Balaban J connectivity index is 0.00000784. The van der Waals surface area contributed by atoms with Crippen LogP contribution in [0.2, 0.25) is 0 Å². The maximum Gasteiger partial charge on any atom is 0.246 e. The van der Waals surface area contributed by atoms with Gasteiger partial charge in [0.2, 0.25) is 70.9 Å². The smallest absolute Gasteiger partial charge is 0.246 e. The van der Waals surface area contributed by atoms with Gasteiger partial charge in [0.05, 0.1) is 12.1 Å². The third-order valence-corrected chi connectivity index (χ3v) is 19.4. The van der Waals surface area contributed by atoms with Crippen molar-refractivity contribution >= 4 is 121 Å². The molecule has 4 aromatic rings. The van der Waals surface area contributed by atoms with Gasteiger partial charge in [0.25, 0.3) is 0 Å². The van der Waals surface area contributed by atoms with Gasteiger partial charge in [-0.2, -0.15) is 0 Å². The predicted octanol–water partition coefficient (Wildman–Crippen LogP) is 2.24. The molecule has 0 radical (unpaired) electrons. The van der Waals surface area contributed by atoms with E-state index in [0.29, 0.717) is 11.1 Å². The molecule has 3 fully saturated rings. The summed E-state index contributed by atoms with van der Waals surface area (Å²) in [7, 11) is 0. The van der Waals surface area contributed by atoms with Gasteiger partial charge >= 0.3 is 0 Å². The average Bonchev–Trinajstić information content (AvgIpc) is 1.66. The lowest BCUT2D eigenvalue weighted by Crippen LogP contribution is -2.62. The van der Waals surface area contributed by atoms with E-state index in [1.165, 1.54) is 9.80 Å². The van der Waals surface area contributed by atoms with Crippen molar-refractivity contribution in [2.24, 2.45) is 46.6 Å². The fourth-order valence-corrected chi connectivity index (χ4v) is 13.7. The summed E-state index contributed by atoms with van der Waals surface area (Å²) in [6.07, 6.45) is 0.119. The number of fused-ring (bicyclic) bond motifs is 2. The average molecular weight is 1610 g/mol. The molecular formula is C78H116Cl4N16O12. The zero-order valence-electron chi connectivity index (χ0n) is 64.0. The molecule has 3 heterocycles. The summed E-state index contributed by atoms with van der Waals surface area (Å²) in [6.45, 7) is 13.6. The molecule has 0 aromatic heterocycles. The molecule has 110 heavy (non-hydrogen) atoms.